The summed E-state index contributed by atoms with van der Waals surface area (Å²) < 4.78 is 34.1. The number of ether oxygens (including phenoxy) is 1. The molecule has 0 amide bonds. The molecular weight excluding hydrogens is 470 g/mol. The lowest BCUT2D eigenvalue weighted by atomic mass is 9.97. The Bertz CT molecular complexity index is 1250. The van der Waals surface area contributed by atoms with Crippen LogP contribution in [0.2, 0.25) is 0 Å². The topological polar surface area (TPSA) is 131 Å². The molecule has 1 aromatic carbocycles. The maximum Gasteiger partial charge on any atom is 0.187 e. The molecule has 3 atom stereocenters. The molecule has 0 bridgehead atoms. The van der Waals surface area contributed by atoms with E-state index in [0.29, 0.717) is 11.1 Å². The minimum Gasteiger partial charge on any atom is -0.486 e. The molecule has 3 aromatic rings. The predicted molar refractivity (Wildman–Crippen MR) is 120 cm³/mol. The molecule has 0 saturated carbocycles. The molecule has 4 N–H and O–H groups in total. The number of hydrogen-bond donors (Lipinski definition) is 3. The number of aliphatic hydroxyl groups is 2. The second-order valence-corrected chi connectivity index (χ2v) is 7.86. The van der Waals surface area contributed by atoms with Gasteiger partial charge in [-0.3, -0.25) is 9.78 Å². The van der Waals surface area contributed by atoms with E-state index >= 15 is 0 Å². The second-order valence-electron chi connectivity index (χ2n) is 7.55. The fourth-order valence-electron chi connectivity index (χ4n) is 3.53. The molecule has 8 nitrogen and oxygen atoms in total. The number of anilines is 1. The smallest absolute Gasteiger partial charge is 0.187 e. The Kier molecular flexibility index (Phi) is 6.82. The van der Waals surface area contributed by atoms with Crippen LogP contribution in [0, 0.1) is 11.6 Å². The maximum atomic E-state index is 14.2. The molecule has 2 aromatic heterocycles. The summed E-state index contributed by atoms with van der Waals surface area (Å²) in [5.41, 5.74) is 5.99. The number of rotatable bonds is 6. The summed E-state index contributed by atoms with van der Waals surface area (Å²) in [6, 6.07) is 4.89. The third kappa shape index (κ3) is 4.60. The SMILES string of the molecule is Nc1cnc(-c2c(F)cccc2F)nc1C(=O)Cc1cnccc1C1=C[C@@H](O)[C@H](O)[C@@H](CCl)O1. The van der Waals surface area contributed by atoms with Crippen LogP contribution in [0.5, 0.6) is 0 Å². The van der Waals surface area contributed by atoms with E-state index in [9.17, 15) is 23.8 Å². The van der Waals surface area contributed by atoms with Crippen LogP contribution in [0.1, 0.15) is 21.6 Å². The van der Waals surface area contributed by atoms with E-state index in [4.69, 9.17) is 22.1 Å². The number of pyridine rings is 1. The van der Waals surface area contributed by atoms with E-state index in [-0.39, 0.29) is 35.3 Å². The van der Waals surface area contributed by atoms with E-state index in [1.807, 2.05) is 0 Å². The normalized spacial score (nSPS) is 19.9. The maximum absolute atomic E-state index is 14.2. The number of nitrogens with two attached hydrogens (primary N) is 1. The monoisotopic (exact) mass is 488 g/mol. The highest BCUT2D eigenvalue weighted by Gasteiger charge is 2.33. The Balaban J connectivity index is 1.67. The van der Waals surface area contributed by atoms with Crippen molar-refractivity contribution in [2.24, 2.45) is 0 Å². The number of benzene rings is 1. The number of nitrogen functional groups attached to an aromatic ring is 1. The van der Waals surface area contributed by atoms with Crippen molar-refractivity contribution in [3.8, 4) is 11.4 Å². The van der Waals surface area contributed by atoms with Crippen molar-refractivity contribution >= 4 is 28.8 Å². The van der Waals surface area contributed by atoms with Crippen molar-refractivity contribution in [2.75, 3.05) is 11.6 Å². The molecule has 0 saturated heterocycles. The van der Waals surface area contributed by atoms with E-state index in [2.05, 4.69) is 15.0 Å². The molecule has 176 valence electrons. The van der Waals surface area contributed by atoms with Crippen molar-refractivity contribution < 1.29 is 28.5 Å². The lowest BCUT2D eigenvalue weighted by Crippen LogP contribution is -2.42. The van der Waals surface area contributed by atoms with Crippen LogP contribution in [0.15, 0.2) is 48.9 Å². The number of aliphatic hydroxyl groups excluding tert-OH is 2. The number of Topliss-reactive ketones (excluding diaryl/α,β-unsaturated/α-hetero) is 1. The number of hydrogen-bond acceptors (Lipinski definition) is 8. The highest BCUT2D eigenvalue weighted by Crippen LogP contribution is 2.30. The summed E-state index contributed by atoms with van der Waals surface area (Å²) in [6.07, 6.45) is 1.80. The van der Waals surface area contributed by atoms with Gasteiger partial charge in [-0.25, -0.2) is 18.7 Å². The first kappa shape index (κ1) is 23.7. The van der Waals surface area contributed by atoms with Crippen molar-refractivity contribution in [2.45, 2.75) is 24.7 Å². The minimum atomic E-state index is -1.22. The van der Waals surface area contributed by atoms with E-state index < -0.39 is 41.3 Å². The summed E-state index contributed by atoms with van der Waals surface area (Å²) in [7, 11) is 0. The average Bonchev–Trinajstić information content (AvgIpc) is 2.82. The van der Waals surface area contributed by atoms with Crippen LogP contribution in [0.3, 0.4) is 0 Å². The van der Waals surface area contributed by atoms with Gasteiger partial charge in [0, 0.05) is 24.4 Å². The van der Waals surface area contributed by atoms with E-state index in [1.165, 1.54) is 24.5 Å². The molecule has 3 heterocycles. The van der Waals surface area contributed by atoms with Crippen molar-refractivity contribution in [1.82, 2.24) is 15.0 Å². The molecule has 0 unspecified atom stereocenters. The van der Waals surface area contributed by atoms with Crippen LogP contribution >= 0.6 is 11.6 Å². The van der Waals surface area contributed by atoms with Crippen LogP contribution in [-0.2, 0) is 11.2 Å². The Morgan fingerprint density at radius 3 is 2.62 bits per heavy atom. The minimum absolute atomic E-state index is 0.0650. The molecule has 1 aliphatic heterocycles. The van der Waals surface area contributed by atoms with Crippen LogP contribution in [0.4, 0.5) is 14.5 Å². The van der Waals surface area contributed by atoms with E-state index in [1.54, 1.807) is 6.07 Å². The summed E-state index contributed by atoms with van der Waals surface area (Å²) in [5, 5.41) is 20.1. The van der Waals surface area contributed by atoms with Gasteiger partial charge in [0.15, 0.2) is 11.6 Å². The molecule has 34 heavy (non-hydrogen) atoms. The zero-order chi connectivity index (χ0) is 24.4. The van der Waals surface area contributed by atoms with Crippen molar-refractivity contribution in [3.63, 3.8) is 0 Å². The summed E-state index contributed by atoms with van der Waals surface area (Å²) in [5.74, 6) is -2.49. The summed E-state index contributed by atoms with van der Waals surface area (Å²) in [4.78, 5) is 25.0. The highest BCUT2D eigenvalue weighted by molar-refractivity contribution is 6.18. The molecular formula is C23H19ClF2N4O4. The first-order valence-corrected chi connectivity index (χ1v) is 10.7. The number of carbonyl (C=O) groups is 1. The number of carbonyl (C=O) groups excluding carboxylic acids is 1. The number of nitrogens with zero attached hydrogens (tertiary/aromatic N) is 3. The summed E-state index contributed by atoms with van der Waals surface area (Å²) in [6.45, 7) is 0. The number of alkyl halides is 1. The third-order valence-corrected chi connectivity index (χ3v) is 5.58. The Morgan fingerprint density at radius 1 is 1.18 bits per heavy atom. The fraction of sp³-hybridized carbons (Fsp3) is 0.217. The molecule has 0 fully saturated rings. The fourth-order valence-corrected chi connectivity index (χ4v) is 3.78. The van der Waals surface area contributed by atoms with Gasteiger partial charge in [-0.2, -0.15) is 0 Å². The van der Waals surface area contributed by atoms with E-state index in [0.717, 1.165) is 18.3 Å². The zero-order valence-electron chi connectivity index (χ0n) is 17.5. The van der Waals surface area contributed by atoms with Crippen LogP contribution < -0.4 is 5.73 Å². The van der Waals surface area contributed by atoms with Crippen molar-refractivity contribution in [1.29, 1.82) is 0 Å². The first-order valence-electron chi connectivity index (χ1n) is 10.1. The molecule has 1 aliphatic rings. The molecule has 0 spiro atoms. The number of ketones is 1. The van der Waals surface area contributed by atoms with Crippen LogP contribution in [-0.4, -0.2) is 55.1 Å². The Morgan fingerprint density at radius 2 is 1.91 bits per heavy atom. The lowest BCUT2D eigenvalue weighted by molar-refractivity contribution is -0.0442. The predicted octanol–water partition coefficient (Wildman–Crippen LogP) is 2.52. The second kappa shape index (κ2) is 9.80. The molecule has 11 heteroatoms. The van der Waals surface area contributed by atoms with Gasteiger partial charge in [-0.05, 0) is 29.8 Å². The Hall–Kier alpha value is -3.47. The average molecular weight is 489 g/mol. The first-order chi connectivity index (χ1) is 16.3. The van der Waals surface area contributed by atoms with Crippen LogP contribution in [0.25, 0.3) is 17.1 Å². The van der Waals surface area contributed by atoms with Gasteiger partial charge in [0.25, 0.3) is 0 Å². The number of aromatic nitrogens is 3. The van der Waals surface area contributed by atoms with Gasteiger partial charge in [0.2, 0.25) is 0 Å². The van der Waals surface area contributed by atoms with Gasteiger partial charge in [0.1, 0.15) is 41.4 Å². The molecule has 0 radical (unpaired) electrons. The van der Waals surface area contributed by atoms with Crippen molar-refractivity contribution in [3.05, 3.63) is 77.4 Å². The Labute approximate surface area is 197 Å². The van der Waals surface area contributed by atoms with Gasteiger partial charge in [0.05, 0.1) is 23.3 Å². The highest BCUT2D eigenvalue weighted by atomic mass is 35.5. The third-order valence-electron chi connectivity index (χ3n) is 5.27. The standard InChI is InChI=1S/C23H19ClF2N4O4/c24-8-19-22(33)17(32)7-18(34-19)12-4-5-28-9-11(12)6-16(31)21-15(27)10-29-23(30-21)20-13(25)2-1-3-14(20)26/h1-5,7,9-10,17,19,22,32-33H,6,8,27H2/t17-,19-,22+/m1/s1. The zero-order valence-corrected chi connectivity index (χ0v) is 18.3. The quantitative estimate of drug-likeness (QED) is 0.356. The van der Waals surface area contributed by atoms with Gasteiger partial charge in [-0.1, -0.05) is 6.07 Å². The van der Waals surface area contributed by atoms with Gasteiger partial charge >= 0.3 is 0 Å². The van der Waals surface area contributed by atoms with Gasteiger partial charge < -0.3 is 20.7 Å². The largest absolute Gasteiger partial charge is 0.486 e. The lowest BCUT2D eigenvalue weighted by Gasteiger charge is -2.31. The molecule has 4 rings (SSSR count). The molecule has 0 aliphatic carbocycles. The summed E-state index contributed by atoms with van der Waals surface area (Å²) >= 11 is 5.83. The number of halogens is 3. The van der Waals surface area contributed by atoms with Gasteiger partial charge in [-0.15, -0.1) is 11.6 Å².